The van der Waals surface area contributed by atoms with Gasteiger partial charge in [-0.05, 0) is 12.5 Å². The number of benzene rings is 1. The minimum Gasteiger partial charge on any atom is -0.289 e. The van der Waals surface area contributed by atoms with Crippen molar-refractivity contribution in [2.75, 3.05) is 13.1 Å². The van der Waals surface area contributed by atoms with Crippen molar-refractivity contribution >= 4 is 0 Å². The van der Waals surface area contributed by atoms with Crippen LogP contribution in [0.5, 0.6) is 0 Å². The summed E-state index contributed by atoms with van der Waals surface area (Å²) in [6, 6.07) is 11.2. The number of nitrogens with zero attached hydrogens (tertiary/aromatic N) is 1. The largest absolute Gasteiger partial charge is 0.289 e. The molecular weight excluding hydrogens is 158 g/mol. The van der Waals surface area contributed by atoms with Gasteiger partial charge in [-0.25, -0.2) is 0 Å². The highest BCUT2D eigenvalue weighted by molar-refractivity contribution is 5.19. The quantitative estimate of drug-likeness (QED) is 0.621. The molecule has 0 unspecified atom stereocenters. The van der Waals surface area contributed by atoms with Crippen molar-refractivity contribution in [1.29, 1.82) is 0 Å². The average molecular weight is 173 g/mol. The van der Waals surface area contributed by atoms with E-state index in [9.17, 15) is 0 Å². The Balaban J connectivity index is 2.09. The second kappa shape index (κ2) is 3.75. The number of rotatable bonds is 2. The van der Waals surface area contributed by atoms with E-state index in [2.05, 4.69) is 54.3 Å². The van der Waals surface area contributed by atoms with Gasteiger partial charge in [-0.15, -0.1) is 0 Å². The number of hydrogen-bond acceptors (Lipinski definition) is 1. The van der Waals surface area contributed by atoms with Crippen LogP contribution in [0.4, 0.5) is 0 Å². The first-order chi connectivity index (χ1) is 6.38. The lowest BCUT2D eigenvalue weighted by Crippen LogP contribution is -2.23. The van der Waals surface area contributed by atoms with E-state index < -0.39 is 0 Å². The Hall–Kier alpha value is -1.08. The van der Waals surface area contributed by atoms with Gasteiger partial charge in [0, 0.05) is 19.1 Å². The van der Waals surface area contributed by atoms with Crippen LogP contribution in [0, 0.1) is 0 Å². The van der Waals surface area contributed by atoms with Gasteiger partial charge in [0.2, 0.25) is 0 Å². The van der Waals surface area contributed by atoms with Gasteiger partial charge in [-0.1, -0.05) is 42.5 Å². The Morgan fingerprint density at radius 2 is 1.69 bits per heavy atom. The topological polar surface area (TPSA) is 3.24 Å². The molecule has 0 aliphatic carbocycles. The monoisotopic (exact) mass is 173 g/mol. The maximum Gasteiger partial charge on any atom is 0.0326 e. The van der Waals surface area contributed by atoms with E-state index >= 15 is 0 Å². The van der Waals surface area contributed by atoms with Crippen LogP contribution in [0.2, 0.25) is 0 Å². The van der Waals surface area contributed by atoms with Crippen molar-refractivity contribution in [3.8, 4) is 0 Å². The van der Waals surface area contributed by atoms with Crippen molar-refractivity contribution < 1.29 is 0 Å². The SMILES string of the molecule is C[C@@H](c1ccccc1)N1CC=CC1. The summed E-state index contributed by atoms with van der Waals surface area (Å²) in [5.74, 6) is 0. The molecule has 1 atom stereocenters. The van der Waals surface area contributed by atoms with E-state index in [4.69, 9.17) is 0 Å². The molecule has 1 heteroatoms. The van der Waals surface area contributed by atoms with Crippen LogP contribution in [0.25, 0.3) is 0 Å². The smallest absolute Gasteiger partial charge is 0.0326 e. The zero-order chi connectivity index (χ0) is 9.10. The molecule has 2 rings (SSSR count). The maximum absolute atomic E-state index is 2.45. The van der Waals surface area contributed by atoms with E-state index in [1.807, 2.05) is 0 Å². The summed E-state index contributed by atoms with van der Waals surface area (Å²) < 4.78 is 0. The molecular formula is C12H15N. The van der Waals surface area contributed by atoms with Gasteiger partial charge in [0.05, 0.1) is 0 Å². The van der Waals surface area contributed by atoms with Crippen LogP contribution in [-0.4, -0.2) is 18.0 Å². The third kappa shape index (κ3) is 1.81. The first-order valence-electron chi connectivity index (χ1n) is 4.82. The Labute approximate surface area is 79.7 Å². The third-order valence-electron chi connectivity index (χ3n) is 2.68. The molecule has 0 amide bonds. The zero-order valence-corrected chi connectivity index (χ0v) is 7.98. The van der Waals surface area contributed by atoms with Crippen LogP contribution >= 0.6 is 0 Å². The van der Waals surface area contributed by atoms with Crippen LogP contribution in [0.1, 0.15) is 18.5 Å². The van der Waals surface area contributed by atoms with Crippen molar-refractivity contribution in [3.05, 3.63) is 48.0 Å². The highest BCUT2D eigenvalue weighted by Crippen LogP contribution is 2.21. The molecule has 0 aromatic heterocycles. The lowest BCUT2D eigenvalue weighted by molar-refractivity contribution is 0.274. The maximum atomic E-state index is 2.45. The summed E-state index contributed by atoms with van der Waals surface area (Å²) in [7, 11) is 0. The minimum atomic E-state index is 0.538. The molecule has 1 aromatic rings. The van der Waals surface area contributed by atoms with E-state index in [1.165, 1.54) is 5.56 Å². The summed E-state index contributed by atoms with van der Waals surface area (Å²) in [5, 5.41) is 0. The normalized spacial score (nSPS) is 19.2. The van der Waals surface area contributed by atoms with Gasteiger partial charge in [-0.2, -0.15) is 0 Å². The van der Waals surface area contributed by atoms with Crippen LogP contribution in [0.15, 0.2) is 42.5 Å². The summed E-state index contributed by atoms with van der Waals surface area (Å²) in [4.78, 5) is 2.45. The molecule has 1 heterocycles. The van der Waals surface area contributed by atoms with Gasteiger partial charge in [-0.3, -0.25) is 4.90 Å². The molecule has 1 nitrogen and oxygen atoms in total. The molecule has 0 bridgehead atoms. The van der Waals surface area contributed by atoms with E-state index in [0.29, 0.717) is 6.04 Å². The number of hydrogen-bond donors (Lipinski definition) is 0. The fraction of sp³-hybridized carbons (Fsp3) is 0.333. The summed E-state index contributed by atoms with van der Waals surface area (Å²) in [6.07, 6.45) is 4.47. The summed E-state index contributed by atoms with van der Waals surface area (Å²) in [6.45, 7) is 4.45. The molecule has 0 N–H and O–H groups in total. The molecule has 0 spiro atoms. The third-order valence-corrected chi connectivity index (χ3v) is 2.68. The second-order valence-electron chi connectivity index (χ2n) is 3.51. The first-order valence-corrected chi connectivity index (χ1v) is 4.82. The molecule has 68 valence electrons. The summed E-state index contributed by atoms with van der Waals surface area (Å²) in [5.41, 5.74) is 1.41. The van der Waals surface area contributed by atoms with Crippen molar-refractivity contribution in [1.82, 2.24) is 4.90 Å². The Kier molecular flexibility index (Phi) is 2.46. The van der Waals surface area contributed by atoms with E-state index in [0.717, 1.165) is 13.1 Å². The summed E-state index contributed by atoms with van der Waals surface area (Å²) >= 11 is 0. The standard InChI is InChI=1S/C12H15N/c1-11(13-9-5-6-10-13)12-7-3-2-4-8-12/h2-8,11H,9-10H2,1H3/t11-/m0/s1. The molecule has 0 radical (unpaired) electrons. The first kappa shape index (κ1) is 8.52. The molecule has 1 aliphatic heterocycles. The molecule has 0 fully saturated rings. The van der Waals surface area contributed by atoms with Gasteiger partial charge in [0.15, 0.2) is 0 Å². The molecule has 1 aliphatic rings. The molecule has 13 heavy (non-hydrogen) atoms. The Morgan fingerprint density at radius 1 is 1.08 bits per heavy atom. The lowest BCUT2D eigenvalue weighted by atomic mass is 10.1. The van der Waals surface area contributed by atoms with Gasteiger partial charge >= 0.3 is 0 Å². The predicted octanol–water partition coefficient (Wildman–Crippen LogP) is 2.62. The fourth-order valence-electron chi connectivity index (χ4n) is 1.75. The second-order valence-corrected chi connectivity index (χ2v) is 3.51. The van der Waals surface area contributed by atoms with E-state index in [-0.39, 0.29) is 0 Å². The molecule has 0 saturated heterocycles. The minimum absolute atomic E-state index is 0.538. The highest BCUT2D eigenvalue weighted by Gasteiger charge is 2.15. The van der Waals surface area contributed by atoms with Gasteiger partial charge in [0.25, 0.3) is 0 Å². The van der Waals surface area contributed by atoms with Crippen molar-refractivity contribution in [2.45, 2.75) is 13.0 Å². The van der Waals surface area contributed by atoms with Crippen molar-refractivity contribution in [2.24, 2.45) is 0 Å². The van der Waals surface area contributed by atoms with Gasteiger partial charge < -0.3 is 0 Å². The van der Waals surface area contributed by atoms with E-state index in [1.54, 1.807) is 0 Å². The Bertz CT molecular complexity index is 281. The van der Waals surface area contributed by atoms with Crippen LogP contribution < -0.4 is 0 Å². The lowest BCUT2D eigenvalue weighted by Gasteiger charge is -2.23. The van der Waals surface area contributed by atoms with Crippen LogP contribution in [-0.2, 0) is 0 Å². The van der Waals surface area contributed by atoms with Crippen molar-refractivity contribution in [3.63, 3.8) is 0 Å². The van der Waals surface area contributed by atoms with Crippen LogP contribution in [0.3, 0.4) is 0 Å². The Morgan fingerprint density at radius 3 is 2.31 bits per heavy atom. The van der Waals surface area contributed by atoms with Gasteiger partial charge in [0.1, 0.15) is 0 Å². The molecule has 0 saturated carbocycles. The zero-order valence-electron chi connectivity index (χ0n) is 7.98. The highest BCUT2D eigenvalue weighted by atomic mass is 15.2. The predicted molar refractivity (Wildman–Crippen MR) is 55.6 cm³/mol. The fourth-order valence-corrected chi connectivity index (χ4v) is 1.75. The molecule has 1 aromatic carbocycles. The average Bonchev–Trinajstić information content (AvgIpc) is 2.71.